The molecule has 1 aliphatic carbocycles. The number of methoxy groups -OCH3 is 1. The maximum atomic E-state index is 14.2. The van der Waals surface area contributed by atoms with E-state index in [0.717, 1.165) is 17.5 Å². The number of hydrogen-bond acceptors (Lipinski definition) is 6. The van der Waals surface area contributed by atoms with Gasteiger partial charge < -0.3 is 9.47 Å². The lowest BCUT2D eigenvalue weighted by atomic mass is 10.1. The topological polar surface area (TPSA) is 70.0 Å². The van der Waals surface area contributed by atoms with E-state index in [-0.39, 0.29) is 17.5 Å². The van der Waals surface area contributed by atoms with Gasteiger partial charge in [-0.25, -0.2) is 24.3 Å². The average Bonchev–Trinajstić information content (AvgIpc) is 3.51. The summed E-state index contributed by atoms with van der Waals surface area (Å²) < 4.78 is 24.5. The fraction of sp³-hybridized carbons (Fsp3) is 0.300. The molecule has 2 atom stereocenters. The van der Waals surface area contributed by atoms with Crippen LogP contribution < -0.4 is 4.74 Å². The van der Waals surface area contributed by atoms with E-state index in [1.54, 1.807) is 37.7 Å². The number of rotatable bonds is 7. The lowest BCUT2D eigenvalue weighted by molar-refractivity contribution is 0.144. The highest BCUT2D eigenvalue weighted by molar-refractivity contribution is 5.43. The molecule has 2 aromatic heterocycles. The van der Waals surface area contributed by atoms with Gasteiger partial charge in [0.05, 0.1) is 6.61 Å². The van der Waals surface area contributed by atoms with Crippen LogP contribution in [0.1, 0.15) is 29.4 Å². The Bertz CT molecular complexity index is 906. The highest BCUT2D eigenvalue weighted by Gasteiger charge is 2.40. The van der Waals surface area contributed by atoms with Gasteiger partial charge in [-0.3, -0.25) is 0 Å². The predicted molar refractivity (Wildman–Crippen MR) is 96.9 cm³/mol. The highest BCUT2D eigenvalue weighted by Crippen LogP contribution is 2.54. The molecular formula is C20H19FN4O2. The first kappa shape index (κ1) is 17.5. The molecular weight excluding hydrogens is 347 g/mol. The van der Waals surface area contributed by atoms with Crippen LogP contribution >= 0.6 is 0 Å². The minimum Gasteiger partial charge on any atom is -0.488 e. The van der Waals surface area contributed by atoms with Crippen LogP contribution in [0.15, 0.2) is 49.1 Å². The van der Waals surface area contributed by atoms with Crippen LogP contribution in [0.2, 0.25) is 0 Å². The molecule has 0 spiro atoms. The Morgan fingerprint density at radius 1 is 0.963 bits per heavy atom. The summed E-state index contributed by atoms with van der Waals surface area (Å²) in [6.07, 6.45) is 7.89. The van der Waals surface area contributed by atoms with Crippen molar-refractivity contribution in [2.75, 3.05) is 20.3 Å². The van der Waals surface area contributed by atoms with Crippen LogP contribution in [-0.2, 0) is 4.74 Å². The molecule has 0 amide bonds. The number of aromatic nitrogens is 4. The van der Waals surface area contributed by atoms with E-state index in [2.05, 4.69) is 19.9 Å². The lowest BCUT2D eigenvalue weighted by Gasteiger charge is -2.08. The van der Waals surface area contributed by atoms with Crippen molar-refractivity contribution in [3.8, 4) is 17.4 Å². The van der Waals surface area contributed by atoms with Gasteiger partial charge in [0.2, 0.25) is 0 Å². The molecule has 0 aliphatic heterocycles. The lowest BCUT2D eigenvalue weighted by Crippen LogP contribution is -2.05. The quantitative estimate of drug-likeness (QED) is 0.597. The van der Waals surface area contributed by atoms with Gasteiger partial charge in [-0.05, 0) is 47.6 Å². The van der Waals surface area contributed by atoms with Crippen molar-refractivity contribution in [1.82, 2.24) is 19.9 Å². The number of ether oxygens (including phenoxy) is 2. The molecule has 0 saturated heterocycles. The Labute approximate surface area is 156 Å². The van der Waals surface area contributed by atoms with E-state index >= 15 is 0 Å². The number of hydrogen-bond donors (Lipinski definition) is 0. The van der Waals surface area contributed by atoms with Gasteiger partial charge >= 0.3 is 0 Å². The van der Waals surface area contributed by atoms with E-state index in [0.29, 0.717) is 30.8 Å². The fourth-order valence-corrected chi connectivity index (χ4v) is 3.09. The zero-order valence-electron chi connectivity index (χ0n) is 14.9. The zero-order valence-corrected chi connectivity index (χ0v) is 14.9. The first-order valence-corrected chi connectivity index (χ1v) is 8.77. The van der Waals surface area contributed by atoms with Crippen LogP contribution in [0.25, 0.3) is 11.6 Å². The third-order valence-electron chi connectivity index (χ3n) is 4.59. The average molecular weight is 366 g/mol. The highest BCUT2D eigenvalue weighted by atomic mass is 19.1. The van der Waals surface area contributed by atoms with E-state index in [1.165, 1.54) is 0 Å². The summed E-state index contributed by atoms with van der Waals surface area (Å²) in [6, 6.07) is 6.91. The molecule has 0 unspecified atom stereocenters. The molecule has 0 N–H and O–H groups in total. The molecule has 7 heteroatoms. The maximum absolute atomic E-state index is 14.2. The minimum atomic E-state index is -0.345. The number of nitrogens with zero attached hydrogens (tertiary/aromatic N) is 4. The summed E-state index contributed by atoms with van der Waals surface area (Å²) in [7, 11) is 1.58. The first-order valence-electron chi connectivity index (χ1n) is 8.77. The normalized spacial score (nSPS) is 18.3. The van der Waals surface area contributed by atoms with E-state index in [1.807, 2.05) is 18.5 Å². The predicted octanol–water partition coefficient (Wildman–Crippen LogP) is 3.37. The van der Waals surface area contributed by atoms with Crippen LogP contribution in [0.4, 0.5) is 4.39 Å². The van der Waals surface area contributed by atoms with E-state index in [4.69, 9.17) is 9.47 Å². The van der Waals surface area contributed by atoms with Gasteiger partial charge in [0, 0.05) is 31.9 Å². The van der Waals surface area contributed by atoms with Crippen molar-refractivity contribution in [3.05, 3.63) is 66.0 Å². The molecule has 2 heterocycles. The van der Waals surface area contributed by atoms with Crippen LogP contribution in [0, 0.1) is 5.82 Å². The standard InChI is InChI=1S/C20H19FN4O2/c1-26-7-8-27-18-4-3-13(9-17(18)21)15-10-16(15)14-11-24-20(25-12-14)19-22-5-2-6-23-19/h2-6,9,11-12,15-16H,7-8,10H2,1H3/t15-,16-/m0/s1. The molecule has 1 saturated carbocycles. The molecule has 1 aliphatic rings. The van der Waals surface area contributed by atoms with Crippen LogP contribution in [0.3, 0.4) is 0 Å². The Kier molecular flexibility index (Phi) is 5.02. The molecule has 1 aromatic carbocycles. The Balaban J connectivity index is 1.42. The van der Waals surface area contributed by atoms with Crippen molar-refractivity contribution in [2.45, 2.75) is 18.3 Å². The molecule has 6 nitrogen and oxygen atoms in total. The van der Waals surface area contributed by atoms with Gasteiger partial charge in [0.25, 0.3) is 0 Å². The first-order chi connectivity index (χ1) is 13.3. The maximum Gasteiger partial charge on any atom is 0.197 e. The SMILES string of the molecule is COCCOc1ccc([C@@H]2C[C@H]2c2cnc(-c3ncccn3)nc2)cc1F. The van der Waals surface area contributed by atoms with Crippen molar-refractivity contribution < 1.29 is 13.9 Å². The third-order valence-corrected chi connectivity index (χ3v) is 4.59. The van der Waals surface area contributed by atoms with Crippen molar-refractivity contribution in [1.29, 1.82) is 0 Å². The van der Waals surface area contributed by atoms with Gasteiger partial charge in [0.15, 0.2) is 23.2 Å². The molecule has 27 heavy (non-hydrogen) atoms. The monoisotopic (exact) mass is 366 g/mol. The fourth-order valence-electron chi connectivity index (χ4n) is 3.09. The Morgan fingerprint density at radius 2 is 1.67 bits per heavy atom. The Hall–Kier alpha value is -2.93. The zero-order chi connectivity index (χ0) is 18.6. The molecule has 3 aromatic rings. The van der Waals surface area contributed by atoms with Gasteiger partial charge in [-0.15, -0.1) is 0 Å². The van der Waals surface area contributed by atoms with Gasteiger partial charge in [-0.2, -0.15) is 0 Å². The summed E-state index contributed by atoms with van der Waals surface area (Å²) in [5.74, 6) is 1.48. The Morgan fingerprint density at radius 3 is 2.37 bits per heavy atom. The largest absolute Gasteiger partial charge is 0.488 e. The molecule has 0 bridgehead atoms. The van der Waals surface area contributed by atoms with E-state index in [9.17, 15) is 4.39 Å². The second-order valence-electron chi connectivity index (χ2n) is 6.39. The smallest absolute Gasteiger partial charge is 0.197 e. The van der Waals surface area contributed by atoms with Gasteiger partial charge in [0.1, 0.15) is 6.61 Å². The summed E-state index contributed by atoms with van der Waals surface area (Å²) in [5.41, 5.74) is 2.01. The summed E-state index contributed by atoms with van der Waals surface area (Å²) in [5, 5.41) is 0. The second-order valence-corrected chi connectivity index (χ2v) is 6.39. The molecule has 138 valence electrons. The van der Waals surface area contributed by atoms with Crippen LogP contribution in [-0.4, -0.2) is 40.3 Å². The molecule has 4 rings (SSSR count). The minimum absolute atomic E-state index is 0.253. The number of benzene rings is 1. The van der Waals surface area contributed by atoms with Crippen molar-refractivity contribution >= 4 is 0 Å². The second kappa shape index (κ2) is 7.75. The van der Waals surface area contributed by atoms with Crippen molar-refractivity contribution in [2.24, 2.45) is 0 Å². The summed E-state index contributed by atoms with van der Waals surface area (Å²) in [6.45, 7) is 0.754. The molecule has 1 fully saturated rings. The van der Waals surface area contributed by atoms with Crippen LogP contribution in [0.5, 0.6) is 5.75 Å². The van der Waals surface area contributed by atoms with Gasteiger partial charge in [-0.1, -0.05) is 6.07 Å². The summed E-state index contributed by atoms with van der Waals surface area (Å²) >= 11 is 0. The van der Waals surface area contributed by atoms with Crippen molar-refractivity contribution in [3.63, 3.8) is 0 Å². The third kappa shape index (κ3) is 3.93. The number of halogens is 1. The summed E-state index contributed by atoms with van der Waals surface area (Å²) in [4.78, 5) is 17.0. The molecule has 0 radical (unpaired) electrons. The van der Waals surface area contributed by atoms with E-state index < -0.39 is 0 Å².